The van der Waals surface area contributed by atoms with E-state index in [-0.39, 0.29) is 12.5 Å². The van der Waals surface area contributed by atoms with Crippen LogP contribution in [0.1, 0.15) is 19.4 Å². The number of benzene rings is 1. The Bertz CT molecular complexity index is 254. The van der Waals surface area contributed by atoms with Gasteiger partial charge in [-0.3, -0.25) is 0 Å². The van der Waals surface area contributed by atoms with Crippen LogP contribution in [0.25, 0.3) is 0 Å². The Labute approximate surface area is 78.8 Å². The summed E-state index contributed by atoms with van der Waals surface area (Å²) in [6, 6.07) is 9.41. The van der Waals surface area contributed by atoms with E-state index in [0.29, 0.717) is 0 Å². The molecular formula is C11H16O2. The third kappa shape index (κ3) is 2.08. The molecule has 2 N–H and O–H groups in total. The molecule has 0 saturated carbocycles. The van der Waals surface area contributed by atoms with Crippen LogP contribution in [0.4, 0.5) is 0 Å². The molecule has 2 atom stereocenters. The standard InChI is InChI=1S/C11H16O2/c1-9(8-12)11(2,13)10-6-4-3-5-7-10/h3-7,9,12-13H,8H2,1-2H3/t9-,11+/m0/s1. The molecule has 0 aromatic heterocycles. The fourth-order valence-electron chi connectivity index (χ4n) is 1.24. The van der Waals surface area contributed by atoms with Gasteiger partial charge in [0.25, 0.3) is 0 Å². The number of hydrogen-bond acceptors (Lipinski definition) is 2. The van der Waals surface area contributed by atoms with Crippen LogP contribution in [0.3, 0.4) is 0 Å². The summed E-state index contributed by atoms with van der Waals surface area (Å²) in [5.74, 6) is -0.158. The molecule has 1 aromatic carbocycles. The average molecular weight is 180 g/mol. The molecular weight excluding hydrogens is 164 g/mol. The van der Waals surface area contributed by atoms with Crippen molar-refractivity contribution in [2.45, 2.75) is 19.4 Å². The highest BCUT2D eigenvalue weighted by Crippen LogP contribution is 2.28. The first kappa shape index (κ1) is 10.2. The Morgan fingerprint density at radius 1 is 1.31 bits per heavy atom. The van der Waals surface area contributed by atoms with Crippen LogP contribution in [0.2, 0.25) is 0 Å². The third-order valence-electron chi connectivity index (χ3n) is 2.59. The minimum atomic E-state index is -0.948. The quantitative estimate of drug-likeness (QED) is 0.740. The van der Waals surface area contributed by atoms with E-state index in [1.165, 1.54) is 0 Å². The molecule has 2 nitrogen and oxygen atoms in total. The Hall–Kier alpha value is -0.860. The van der Waals surface area contributed by atoms with Gasteiger partial charge < -0.3 is 10.2 Å². The lowest BCUT2D eigenvalue weighted by Gasteiger charge is -2.29. The van der Waals surface area contributed by atoms with Crippen molar-refractivity contribution in [2.75, 3.05) is 6.61 Å². The van der Waals surface area contributed by atoms with E-state index in [0.717, 1.165) is 5.56 Å². The van der Waals surface area contributed by atoms with Gasteiger partial charge in [-0.1, -0.05) is 37.3 Å². The highest BCUT2D eigenvalue weighted by molar-refractivity contribution is 5.22. The molecule has 0 saturated heterocycles. The highest BCUT2D eigenvalue weighted by atomic mass is 16.3. The monoisotopic (exact) mass is 180 g/mol. The lowest BCUT2D eigenvalue weighted by molar-refractivity contribution is -0.0210. The van der Waals surface area contributed by atoms with Crippen molar-refractivity contribution in [3.8, 4) is 0 Å². The maximum atomic E-state index is 10.1. The zero-order chi connectivity index (χ0) is 9.90. The van der Waals surface area contributed by atoms with Crippen LogP contribution in [0, 0.1) is 5.92 Å². The smallest absolute Gasteiger partial charge is 0.0915 e. The second-order valence-electron chi connectivity index (χ2n) is 3.60. The predicted octanol–water partition coefficient (Wildman–Crippen LogP) is 1.52. The summed E-state index contributed by atoms with van der Waals surface area (Å²) in [5.41, 5.74) is -0.104. The minimum absolute atomic E-state index is 0.0120. The van der Waals surface area contributed by atoms with E-state index < -0.39 is 5.60 Å². The molecule has 0 bridgehead atoms. The summed E-state index contributed by atoms with van der Waals surface area (Å²) in [4.78, 5) is 0. The first-order valence-corrected chi connectivity index (χ1v) is 4.47. The molecule has 0 radical (unpaired) electrons. The third-order valence-corrected chi connectivity index (χ3v) is 2.59. The number of aliphatic hydroxyl groups is 2. The van der Waals surface area contributed by atoms with Crippen LogP contribution in [-0.2, 0) is 5.60 Å². The molecule has 72 valence electrons. The summed E-state index contributed by atoms with van der Waals surface area (Å²) in [7, 11) is 0. The van der Waals surface area contributed by atoms with Crippen LogP contribution in [0.15, 0.2) is 30.3 Å². The summed E-state index contributed by atoms with van der Waals surface area (Å²) >= 11 is 0. The van der Waals surface area contributed by atoms with Gasteiger partial charge in [0, 0.05) is 12.5 Å². The maximum Gasteiger partial charge on any atom is 0.0915 e. The van der Waals surface area contributed by atoms with Gasteiger partial charge in [-0.05, 0) is 12.5 Å². The van der Waals surface area contributed by atoms with Gasteiger partial charge in [0.15, 0.2) is 0 Å². The molecule has 0 unspecified atom stereocenters. The molecule has 0 fully saturated rings. The molecule has 0 amide bonds. The van der Waals surface area contributed by atoms with Gasteiger partial charge in [-0.2, -0.15) is 0 Å². The molecule has 2 heteroatoms. The topological polar surface area (TPSA) is 40.5 Å². The summed E-state index contributed by atoms with van der Waals surface area (Å²) < 4.78 is 0. The second kappa shape index (κ2) is 3.90. The first-order chi connectivity index (χ1) is 6.09. The molecule has 0 aliphatic carbocycles. The SMILES string of the molecule is C[C@@H](CO)[C@@](C)(O)c1ccccc1. The minimum Gasteiger partial charge on any atom is -0.396 e. The Morgan fingerprint density at radius 2 is 1.85 bits per heavy atom. The molecule has 1 rings (SSSR count). The molecule has 13 heavy (non-hydrogen) atoms. The number of rotatable bonds is 3. The fraction of sp³-hybridized carbons (Fsp3) is 0.455. The summed E-state index contributed by atoms with van der Waals surface area (Å²) in [6.45, 7) is 3.54. The van der Waals surface area contributed by atoms with Crippen LogP contribution >= 0.6 is 0 Å². The van der Waals surface area contributed by atoms with Crippen LogP contribution < -0.4 is 0 Å². The van der Waals surface area contributed by atoms with Gasteiger partial charge in [-0.15, -0.1) is 0 Å². The normalized spacial score (nSPS) is 17.8. The van der Waals surface area contributed by atoms with Crippen molar-refractivity contribution in [2.24, 2.45) is 5.92 Å². The predicted molar refractivity (Wildman–Crippen MR) is 52.3 cm³/mol. The van der Waals surface area contributed by atoms with Crippen molar-refractivity contribution in [1.29, 1.82) is 0 Å². The zero-order valence-electron chi connectivity index (χ0n) is 8.07. The van der Waals surface area contributed by atoms with E-state index in [4.69, 9.17) is 5.11 Å². The first-order valence-electron chi connectivity index (χ1n) is 4.47. The summed E-state index contributed by atoms with van der Waals surface area (Å²) in [6.07, 6.45) is 0. The molecule has 0 aliphatic heterocycles. The fourth-order valence-corrected chi connectivity index (χ4v) is 1.24. The number of aliphatic hydroxyl groups excluding tert-OH is 1. The molecule has 0 aliphatic rings. The van der Waals surface area contributed by atoms with Gasteiger partial charge in [0.2, 0.25) is 0 Å². The lowest BCUT2D eigenvalue weighted by Crippen LogP contribution is -2.32. The zero-order valence-corrected chi connectivity index (χ0v) is 8.07. The van der Waals surface area contributed by atoms with E-state index in [1.807, 2.05) is 37.3 Å². The van der Waals surface area contributed by atoms with Gasteiger partial charge >= 0.3 is 0 Å². The summed E-state index contributed by atoms with van der Waals surface area (Å²) in [5, 5.41) is 19.1. The van der Waals surface area contributed by atoms with Crippen molar-refractivity contribution >= 4 is 0 Å². The van der Waals surface area contributed by atoms with Gasteiger partial charge in [-0.25, -0.2) is 0 Å². The van der Waals surface area contributed by atoms with Crippen molar-refractivity contribution < 1.29 is 10.2 Å². The lowest BCUT2D eigenvalue weighted by atomic mass is 9.85. The molecule has 0 spiro atoms. The Kier molecular flexibility index (Phi) is 3.07. The van der Waals surface area contributed by atoms with E-state index in [1.54, 1.807) is 6.92 Å². The van der Waals surface area contributed by atoms with Gasteiger partial charge in [0.1, 0.15) is 0 Å². The molecule has 0 heterocycles. The van der Waals surface area contributed by atoms with E-state index in [9.17, 15) is 5.11 Å². The van der Waals surface area contributed by atoms with Crippen LogP contribution in [-0.4, -0.2) is 16.8 Å². The van der Waals surface area contributed by atoms with Crippen molar-refractivity contribution in [3.05, 3.63) is 35.9 Å². The van der Waals surface area contributed by atoms with E-state index >= 15 is 0 Å². The van der Waals surface area contributed by atoms with E-state index in [2.05, 4.69) is 0 Å². The Morgan fingerprint density at radius 3 is 2.31 bits per heavy atom. The second-order valence-corrected chi connectivity index (χ2v) is 3.60. The maximum absolute atomic E-state index is 10.1. The highest BCUT2D eigenvalue weighted by Gasteiger charge is 2.29. The Balaban J connectivity index is 2.93. The van der Waals surface area contributed by atoms with Gasteiger partial charge in [0.05, 0.1) is 5.60 Å². The van der Waals surface area contributed by atoms with Crippen molar-refractivity contribution in [1.82, 2.24) is 0 Å². The largest absolute Gasteiger partial charge is 0.396 e. The van der Waals surface area contributed by atoms with Crippen LogP contribution in [0.5, 0.6) is 0 Å². The number of hydrogen-bond donors (Lipinski definition) is 2. The van der Waals surface area contributed by atoms with Crippen molar-refractivity contribution in [3.63, 3.8) is 0 Å². The average Bonchev–Trinajstić information content (AvgIpc) is 2.18. The molecule has 1 aromatic rings.